The molecule has 180 valence electrons. The summed E-state index contributed by atoms with van der Waals surface area (Å²) in [5.74, 6) is -2.43. The summed E-state index contributed by atoms with van der Waals surface area (Å²) >= 11 is 0. The van der Waals surface area contributed by atoms with Crippen LogP contribution in [0.5, 0.6) is 0 Å². The van der Waals surface area contributed by atoms with Gasteiger partial charge in [-0.05, 0) is 36.1 Å². The average molecular weight is 483 g/mol. The number of aliphatic carboxylic acids is 1. The first kappa shape index (κ1) is 35.1. The van der Waals surface area contributed by atoms with Crippen LogP contribution in [0.4, 0.5) is 4.79 Å². The fourth-order valence-electron chi connectivity index (χ4n) is 2.81. The second kappa shape index (κ2) is 17.4. The topological polar surface area (TPSA) is 169 Å². The Hall–Kier alpha value is -1.07. The Bertz CT molecular complexity index is 768. The van der Waals surface area contributed by atoms with Crippen molar-refractivity contribution in [3.8, 4) is 0 Å². The van der Waals surface area contributed by atoms with Gasteiger partial charge in [0.05, 0.1) is 18.1 Å². The van der Waals surface area contributed by atoms with Crippen LogP contribution in [0.3, 0.4) is 0 Å². The number of nitrogens with zero attached hydrogens (tertiary/aromatic N) is 1. The number of alkyl carbamates (subject to hydrolysis) is 1. The number of hydrogen-bond acceptors (Lipinski definition) is 9. The molecule has 10 nitrogen and oxygen atoms in total. The van der Waals surface area contributed by atoms with Crippen LogP contribution in [0.1, 0.15) is 46.1 Å². The predicted molar refractivity (Wildman–Crippen MR) is 116 cm³/mol. The van der Waals surface area contributed by atoms with Crippen molar-refractivity contribution in [3.63, 3.8) is 0 Å². The Kier molecular flexibility index (Phi) is 17.9. The summed E-state index contributed by atoms with van der Waals surface area (Å²) in [6, 6.07) is 6.37. The first-order chi connectivity index (χ1) is 14.9. The summed E-state index contributed by atoms with van der Waals surface area (Å²) in [6.07, 6.45) is -1.32. The Labute approximate surface area is 225 Å². The maximum atomic E-state index is 12.6. The van der Waals surface area contributed by atoms with E-state index < -0.39 is 44.2 Å². The van der Waals surface area contributed by atoms with E-state index in [2.05, 4.69) is 15.4 Å². The summed E-state index contributed by atoms with van der Waals surface area (Å²) in [4.78, 5) is 49.6. The smallest absolute Gasteiger partial charge is 0.861 e. The molecule has 0 radical (unpaired) electrons. The molecule has 0 aliphatic heterocycles. The predicted octanol–water partition coefficient (Wildman–Crippen LogP) is -6.08. The van der Waals surface area contributed by atoms with Crippen LogP contribution in [0.25, 0.3) is 0 Å². The van der Waals surface area contributed by atoms with Crippen LogP contribution in [-0.4, -0.2) is 41.2 Å². The molecule has 1 amide bonds. The van der Waals surface area contributed by atoms with Crippen LogP contribution >= 0.6 is 7.87 Å². The third-order valence-electron chi connectivity index (χ3n) is 4.26. The molecule has 0 aromatic heterocycles. The van der Waals surface area contributed by atoms with Crippen LogP contribution in [-0.2, 0) is 16.1 Å². The number of amides is 1. The van der Waals surface area contributed by atoms with Gasteiger partial charge < -0.3 is 24.6 Å². The summed E-state index contributed by atoms with van der Waals surface area (Å²) in [6.45, 7) is 7.15. The molecule has 0 saturated heterocycles. The largest absolute Gasteiger partial charge is 1.00 e. The fraction of sp³-hybridized carbons (Fsp3) is 0.571. The van der Waals surface area contributed by atoms with Gasteiger partial charge in [-0.15, -0.1) is 0 Å². The molecule has 0 heterocycles. The van der Waals surface area contributed by atoms with E-state index in [1.165, 1.54) is 0 Å². The molecule has 0 bridgehead atoms. The number of carbonyl (C=O) groups is 2. The molecule has 0 aliphatic carbocycles. The zero-order chi connectivity index (χ0) is 24.3. The van der Waals surface area contributed by atoms with E-state index >= 15 is 0 Å². The standard InChI is InChI=1S/C21H34N3O7P.2Li/c1-14(2)10-17(19(25)23-18(20(26)27)11-15(3)4)24-32(29,30)13-22-21(28)31-12-16-8-6-5-7-9-16;;/h5-9,14-15,17-18H,10-13H2,1-4H3,(H,22,28)(H,23,25)(H,26,27)(H2,24,29,30);;/q;2*+1/p-2/t17-,18-;;/m0../s1. The molecule has 1 unspecified atom stereocenters. The van der Waals surface area contributed by atoms with Crippen molar-refractivity contribution in [3.05, 3.63) is 35.9 Å². The number of ether oxygens (including phenoxy) is 1. The third-order valence-corrected chi connectivity index (χ3v) is 5.56. The Morgan fingerprint density at radius 3 is 2.12 bits per heavy atom. The van der Waals surface area contributed by atoms with Crippen molar-refractivity contribution < 1.29 is 72.0 Å². The number of nitrogens with one attached hydrogen (secondary N) is 2. The molecule has 13 heteroatoms. The van der Waals surface area contributed by atoms with E-state index in [0.29, 0.717) is 0 Å². The van der Waals surface area contributed by atoms with E-state index in [4.69, 9.17) is 4.74 Å². The van der Waals surface area contributed by atoms with E-state index in [0.717, 1.165) is 5.56 Å². The minimum absolute atomic E-state index is 0. The number of hydrogen-bond donors (Lipinski definition) is 3. The minimum Gasteiger partial charge on any atom is -0.861 e. The van der Waals surface area contributed by atoms with Gasteiger partial charge in [-0.2, -0.15) is 5.09 Å². The van der Waals surface area contributed by atoms with E-state index in [1.54, 1.807) is 52.0 Å². The maximum Gasteiger partial charge on any atom is 1.00 e. The number of carboxylic acids is 1. The monoisotopic (exact) mass is 483 g/mol. The van der Waals surface area contributed by atoms with Gasteiger partial charge in [-0.25, -0.2) is 9.69 Å². The summed E-state index contributed by atoms with van der Waals surface area (Å²) < 4.78 is 4.99. The molecular formula is C21H32Li2N3O7P. The summed E-state index contributed by atoms with van der Waals surface area (Å²) in [7, 11) is -4.21. The molecule has 1 aromatic rings. The molecule has 1 rings (SSSR count). The number of carboxylic acid groups (broad SMARTS) is 1. The number of aliphatic imine (C=N–C) groups is 1. The maximum absolute atomic E-state index is 12.6. The molecule has 0 fully saturated rings. The summed E-state index contributed by atoms with van der Waals surface area (Å²) in [5.41, 5.74) is 0.751. The van der Waals surface area contributed by atoms with Crippen LogP contribution in [0.2, 0.25) is 0 Å². The van der Waals surface area contributed by atoms with Gasteiger partial charge in [0.1, 0.15) is 6.61 Å². The van der Waals surface area contributed by atoms with E-state index in [1.807, 2.05) is 6.07 Å². The van der Waals surface area contributed by atoms with Crippen LogP contribution in [0, 0.1) is 11.8 Å². The van der Waals surface area contributed by atoms with Gasteiger partial charge in [-0.3, -0.25) is 10.3 Å². The molecule has 0 aliphatic rings. The van der Waals surface area contributed by atoms with Crippen molar-refractivity contribution in [1.29, 1.82) is 0 Å². The third kappa shape index (κ3) is 15.0. The fourth-order valence-corrected chi connectivity index (χ4v) is 3.94. The van der Waals surface area contributed by atoms with Crippen LogP contribution < -0.4 is 63.2 Å². The van der Waals surface area contributed by atoms with Crippen LogP contribution in [0.15, 0.2) is 35.3 Å². The Balaban J connectivity index is 0. The zero-order valence-corrected chi connectivity index (χ0v) is 21.7. The molecule has 3 N–H and O–H groups in total. The molecule has 1 aromatic carbocycles. The van der Waals surface area contributed by atoms with Crippen molar-refractivity contribution in [1.82, 2.24) is 10.4 Å². The summed E-state index contributed by atoms with van der Waals surface area (Å²) in [5, 5.41) is 28.4. The van der Waals surface area contributed by atoms with E-state index in [-0.39, 0.29) is 69.0 Å². The minimum atomic E-state index is -4.21. The Morgan fingerprint density at radius 1 is 1.06 bits per heavy atom. The van der Waals surface area contributed by atoms with Gasteiger partial charge in [0.2, 0.25) is 0 Å². The molecule has 34 heavy (non-hydrogen) atoms. The second-order valence-corrected chi connectivity index (χ2v) is 10.3. The van der Waals surface area contributed by atoms with Gasteiger partial charge in [0.25, 0.3) is 0 Å². The van der Waals surface area contributed by atoms with Gasteiger partial charge >= 0.3 is 43.8 Å². The second-order valence-electron chi connectivity index (χ2n) is 8.34. The SMILES string of the molecule is CC(C)C[C@H](N=C([O-])[C@H](CC(C)C)N[P+]([O-])(O)CNC(=O)OCc1ccccc1)C(=O)[O-].[Li+].[Li+]. The molecule has 0 spiro atoms. The zero-order valence-electron chi connectivity index (χ0n) is 20.8. The molecule has 3 atom stereocenters. The van der Waals surface area contributed by atoms with Crippen molar-refractivity contribution in [2.45, 2.75) is 59.2 Å². The van der Waals surface area contributed by atoms with Crippen molar-refractivity contribution in [2.75, 3.05) is 6.29 Å². The number of benzene rings is 1. The first-order valence-electron chi connectivity index (χ1n) is 10.4. The first-order valence-corrected chi connectivity index (χ1v) is 12.2. The van der Waals surface area contributed by atoms with Crippen molar-refractivity contribution in [2.24, 2.45) is 16.8 Å². The normalized spacial score (nSPS) is 14.9. The quantitative estimate of drug-likeness (QED) is 0.108. The van der Waals surface area contributed by atoms with Gasteiger partial charge in [0, 0.05) is 0 Å². The molecular weight excluding hydrogens is 451 g/mol. The molecule has 0 saturated carbocycles. The van der Waals surface area contributed by atoms with Gasteiger partial charge in [0.15, 0.2) is 14.2 Å². The average Bonchev–Trinajstić information content (AvgIpc) is 2.69. The number of rotatable bonds is 13. The number of carbonyl (C=O) groups excluding carboxylic acids is 2. The van der Waals surface area contributed by atoms with Crippen molar-refractivity contribution >= 4 is 25.8 Å². The van der Waals surface area contributed by atoms with Gasteiger partial charge in [-0.1, -0.05) is 58.0 Å². The Morgan fingerprint density at radius 2 is 1.62 bits per heavy atom. The van der Waals surface area contributed by atoms with E-state index in [9.17, 15) is 29.6 Å².